The van der Waals surface area contributed by atoms with Crippen LogP contribution in [-0.4, -0.2) is 18.2 Å². The van der Waals surface area contributed by atoms with Crippen LogP contribution in [0.5, 0.6) is 0 Å². The van der Waals surface area contributed by atoms with Crippen LogP contribution in [0.2, 0.25) is 0 Å². The molecule has 0 aliphatic heterocycles. The number of rotatable bonds is 6. The van der Waals surface area contributed by atoms with Crippen molar-refractivity contribution in [2.45, 2.75) is 56.8 Å². The summed E-state index contributed by atoms with van der Waals surface area (Å²) in [4.78, 5) is 0. The average Bonchev–Trinajstić information content (AvgIpc) is 3.15. The van der Waals surface area contributed by atoms with Crippen LogP contribution in [0.15, 0.2) is 28.7 Å². The smallest absolute Gasteiger partial charge is 0.0810 e. The molecule has 0 heterocycles. The van der Waals surface area contributed by atoms with Gasteiger partial charge in [-0.25, -0.2) is 0 Å². The summed E-state index contributed by atoms with van der Waals surface area (Å²) < 4.78 is 7.49. The Kier molecular flexibility index (Phi) is 4.25. The lowest BCUT2D eigenvalue weighted by Crippen LogP contribution is -2.41. The van der Waals surface area contributed by atoms with Crippen molar-refractivity contribution in [3.05, 3.63) is 34.3 Å². The van der Waals surface area contributed by atoms with Gasteiger partial charge in [-0.1, -0.05) is 47.0 Å². The minimum absolute atomic E-state index is 0.0812. The molecule has 1 aromatic carbocycles. The molecule has 0 bridgehead atoms. The summed E-state index contributed by atoms with van der Waals surface area (Å²) in [6.45, 7) is 1.75. The molecule has 0 spiro atoms. The van der Waals surface area contributed by atoms with Crippen LogP contribution in [0.3, 0.4) is 0 Å². The van der Waals surface area contributed by atoms with Gasteiger partial charge in [-0.3, -0.25) is 0 Å². The van der Waals surface area contributed by atoms with E-state index in [0.717, 1.165) is 17.1 Å². The third-order valence-corrected chi connectivity index (χ3v) is 5.07. The van der Waals surface area contributed by atoms with Crippen LogP contribution in [0.1, 0.15) is 44.1 Å². The largest absolute Gasteiger partial charge is 0.369 e. The Balaban J connectivity index is 1.59. The Morgan fingerprint density at radius 1 is 1.21 bits per heavy atom. The lowest BCUT2D eigenvalue weighted by molar-refractivity contribution is -0.0508. The SMILES string of the molecule is Brc1ccccc1COC1(CNC2CC2)CCCC1. The average molecular weight is 324 g/mol. The molecule has 0 atom stereocenters. The molecule has 19 heavy (non-hydrogen) atoms. The molecule has 3 heteroatoms. The molecule has 2 aliphatic carbocycles. The van der Waals surface area contributed by atoms with E-state index in [1.165, 1.54) is 44.1 Å². The van der Waals surface area contributed by atoms with Crippen LogP contribution in [0.25, 0.3) is 0 Å². The summed E-state index contributed by atoms with van der Waals surface area (Å²) >= 11 is 3.60. The summed E-state index contributed by atoms with van der Waals surface area (Å²) in [5.41, 5.74) is 1.33. The van der Waals surface area contributed by atoms with Crippen molar-refractivity contribution in [1.29, 1.82) is 0 Å². The second-order valence-corrected chi connectivity index (χ2v) is 6.78. The van der Waals surface area contributed by atoms with Crippen LogP contribution < -0.4 is 5.32 Å². The van der Waals surface area contributed by atoms with Gasteiger partial charge in [-0.05, 0) is 37.3 Å². The van der Waals surface area contributed by atoms with E-state index in [-0.39, 0.29) is 5.60 Å². The van der Waals surface area contributed by atoms with Crippen molar-refractivity contribution >= 4 is 15.9 Å². The first-order chi connectivity index (χ1) is 9.27. The van der Waals surface area contributed by atoms with Crippen molar-refractivity contribution in [1.82, 2.24) is 5.32 Å². The van der Waals surface area contributed by atoms with Gasteiger partial charge in [0.15, 0.2) is 0 Å². The van der Waals surface area contributed by atoms with Crippen LogP contribution >= 0.6 is 15.9 Å². The molecule has 0 unspecified atom stereocenters. The fraction of sp³-hybridized carbons (Fsp3) is 0.625. The Morgan fingerprint density at radius 2 is 1.95 bits per heavy atom. The first-order valence-corrected chi connectivity index (χ1v) is 8.18. The van der Waals surface area contributed by atoms with Crippen molar-refractivity contribution in [2.24, 2.45) is 0 Å². The Morgan fingerprint density at radius 3 is 2.63 bits per heavy atom. The van der Waals surface area contributed by atoms with Gasteiger partial charge in [0.1, 0.15) is 0 Å². The highest BCUT2D eigenvalue weighted by atomic mass is 79.9. The quantitative estimate of drug-likeness (QED) is 0.853. The molecule has 0 radical (unpaired) electrons. The predicted molar refractivity (Wildman–Crippen MR) is 81.2 cm³/mol. The van der Waals surface area contributed by atoms with E-state index in [2.05, 4.69) is 39.4 Å². The fourth-order valence-electron chi connectivity index (χ4n) is 2.86. The molecular formula is C16H22BrNO. The van der Waals surface area contributed by atoms with Crippen LogP contribution in [-0.2, 0) is 11.3 Å². The number of nitrogens with one attached hydrogen (secondary N) is 1. The Hall–Kier alpha value is -0.380. The summed E-state index contributed by atoms with van der Waals surface area (Å²) in [5.74, 6) is 0. The molecule has 1 aromatic rings. The van der Waals surface area contributed by atoms with Crippen molar-refractivity contribution in [3.63, 3.8) is 0 Å². The third-order valence-electron chi connectivity index (χ3n) is 4.30. The highest BCUT2D eigenvalue weighted by Gasteiger charge is 2.36. The number of ether oxygens (including phenoxy) is 1. The van der Waals surface area contributed by atoms with E-state index < -0.39 is 0 Å². The van der Waals surface area contributed by atoms with Gasteiger partial charge in [-0.2, -0.15) is 0 Å². The summed E-state index contributed by atoms with van der Waals surface area (Å²) in [7, 11) is 0. The van der Waals surface area contributed by atoms with Crippen molar-refractivity contribution in [2.75, 3.05) is 6.54 Å². The highest BCUT2D eigenvalue weighted by molar-refractivity contribution is 9.10. The van der Waals surface area contributed by atoms with E-state index in [0.29, 0.717) is 6.61 Å². The lowest BCUT2D eigenvalue weighted by atomic mass is 10.0. The topological polar surface area (TPSA) is 21.3 Å². The highest BCUT2D eigenvalue weighted by Crippen LogP contribution is 2.35. The second-order valence-electron chi connectivity index (χ2n) is 5.93. The molecule has 1 N–H and O–H groups in total. The number of hydrogen-bond acceptors (Lipinski definition) is 2. The van der Waals surface area contributed by atoms with Crippen LogP contribution in [0.4, 0.5) is 0 Å². The molecule has 0 saturated heterocycles. The maximum absolute atomic E-state index is 6.34. The monoisotopic (exact) mass is 323 g/mol. The normalized spacial score (nSPS) is 21.7. The molecule has 2 saturated carbocycles. The Labute approximate surface area is 124 Å². The number of hydrogen-bond donors (Lipinski definition) is 1. The van der Waals surface area contributed by atoms with Crippen molar-refractivity contribution in [3.8, 4) is 0 Å². The predicted octanol–water partition coefficient (Wildman–Crippen LogP) is 4.03. The van der Waals surface area contributed by atoms with Gasteiger partial charge < -0.3 is 10.1 Å². The first kappa shape index (κ1) is 13.6. The van der Waals surface area contributed by atoms with Gasteiger partial charge in [0.25, 0.3) is 0 Å². The van der Waals surface area contributed by atoms with Crippen molar-refractivity contribution < 1.29 is 4.74 Å². The number of halogens is 1. The molecule has 0 aromatic heterocycles. The van der Waals surface area contributed by atoms with Gasteiger partial charge in [0.2, 0.25) is 0 Å². The minimum atomic E-state index is 0.0812. The number of benzene rings is 1. The summed E-state index contributed by atoms with van der Waals surface area (Å²) in [5, 5.41) is 3.65. The standard InChI is InChI=1S/C16H22BrNO/c17-15-6-2-1-5-13(15)11-19-16(9-3-4-10-16)12-18-14-7-8-14/h1-2,5-6,14,18H,3-4,7-12H2. The lowest BCUT2D eigenvalue weighted by Gasteiger charge is -2.30. The van der Waals surface area contributed by atoms with Crippen LogP contribution in [0, 0.1) is 0 Å². The summed E-state index contributed by atoms with van der Waals surface area (Å²) in [6, 6.07) is 9.12. The minimum Gasteiger partial charge on any atom is -0.369 e. The van der Waals surface area contributed by atoms with Gasteiger partial charge in [0, 0.05) is 17.1 Å². The van der Waals surface area contributed by atoms with Gasteiger partial charge >= 0.3 is 0 Å². The van der Waals surface area contributed by atoms with Gasteiger partial charge in [0.05, 0.1) is 12.2 Å². The maximum atomic E-state index is 6.34. The van der Waals surface area contributed by atoms with E-state index >= 15 is 0 Å². The summed E-state index contributed by atoms with van der Waals surface area (Å²) in [6.07, 6.45) is 7.72. The molecule has 2 aliphatic rings. The fourth-order valence-corrected chi connectivity index (χ4v) is 3.25. The maximum Gasteiger partial charge on any atom is 0.0810 e. The van der Waals surface area contributed by atoms with E-state index in [1.54, 1.807) is 0 Å². The first-order valence-electron chi connectivity index (χ1n) is 7.38. The molecule has 2 fully saturated rings. The molecule has 0 amide bonds. The van der Waals surface area contributed by atoms with Gasteiger partial charge in [-0.15, -0.1) is 0 Å². The van der Waals surface area contributed by atoms with E-state index in [9.17, 15) is 0 Å². The zero-order valence-corrected chi connectivity index (χ0v) is 12.9. The molecule has 3 rings (SSSR count). The third kappa shape index (κ3) is 3.59. The second kappa shape index (κ2) is 5.94. The van der Waals surface area contributed by atoms with E-state index in [1.807, 2.05) is 6.07 Å². The molecular weight excluding hydrogens is 302 g/mol. The molecule has 2 nitrogen and oxygen atoms in total. The Bertz CT molecular complexity index is 425. The molecule has 104 valence electrons. The zero-order valence-electron chi connectivity index (χ0n) is 11.3. The van der Waals surface area contributed by atoms with E-state index in [4.69, 9.17) is 4.74 Å². The zero-order chi connectivity index (χ0) is 13.1.